The predicted molar refractivity (Wildman–Crippen MR) is 84.2 cm³/mol. The fourth-order valence-electron chi connectivity index (χ4n) is 2.39. The summed E-state index contributed by atoms with van der Waals surface area (Å²) in [4.78, 5) is 40.2. The Hall–Kier alpha value is -3.36. The van der Waals surface area contributed by atoms with Crippen molar-refractivity contribution in [3.63, 3.8) is 0 Å². The van der Waals surface area contributed by atoms with Crippen LogP contribution in [0.25, 0.3) is 0 Å². The number of para-hydroxylation sites is 2. The minimum Gasteiger partial charge on any atom is -0.479 e. The van der Waals surface area contributed by atoms with Gasteiger partial charge in [0.05, 0.1) is 12.2 Å². The summed E-state index contributed by atoms with van der Waals surface area (Å²) in [6.07, 6.45) is 0.306. The van der Waals surface area contributed by atoms with Crippen LogP contribution < -0.4 is 15.0 Å². The van der Waals surface area contributed by atoms with Crippen LogP contribution in [0.2, 0.25) is 0 Å². The molecule has 2 N–H and O–H groups in total. The molecule has 0 spiro atoms. The van der Waals surface area contributed by atoms with Crippen LogP contribution >= 0.6 is 0 Å². The third-order valence-corrected chi connectivity index (χ3v) is 3.58. The molecule has 2 amide bonds. The number of carbonyl (C=O) groups is 3. The Kier molecular flexibility index (Phi) is 4.38. The van der Waals surface area contributed by atoms with Crippen molar-refractivity contribution in [1.29, 1.82) is 0 Å². The van der Waals surface area contributed by atoms with Gasteiger partial charge < -0.3 is 19.6 Å². The summed E-state index contributed by atoms with van der Waals surface area (Å²) in [5.41, 5.74) is 0.278. The molecule has 130 valence electrons. The molecule has 9 heteroatoms. The van der Waals surface area contributed by atoms with Gasteiger partial charge in [0, 0.05) is 0 Å². The Balaban J connectivity index is 1.65. The van der Waals surface area contributed by atoms with Gasteiger partial charge in [0.2, 0.25) is 11.8 Å². The van der Waals surface area contributed by atoms with Crippen molar-refractivity contribution >= 4 is 23.5 Å². The molecule has 9 nitrogen and oxygen atoms in total. The van der Waals surface area contributed by atoms with Crippen LogP contribution in [-0.4, -0.2) is 40.5 Å². The van der Waals surface area contributed by atoms with E-state index in [1.807, 2.05) is 0 Å². The Morgan fingerprint density at radius 1 is 1.36 bits per heavy atom. The molecule has 0 saturated carbocycles. The molecule has 1 aromatic carbocycles. The van der Waals surface area contributed by atoms with Crippen LogP contribution in [-0.2, 0) is 16.1 Å². The Labute approximate surface area is 142 Å². The molecule has 0 aliphatic carbocycles. The molecular weight excluding hydrogens is 330 g/mol. The molecule has 2 aromatic rings. The molecule has 25 heavy (non-hydrogen) atoms. The summed E-state index contributed by atoms with van der Waals surface area (Å²) < 4.78 is 10.5. The second-order valence-electron chi connectivity index (χ2n) is 5.36. The third-order valence-electron chi connectivity index (χ3n) is 3.58. The molecule has 0 fully saturated rings. The molecule has 2 heterocycles. The lowest BCUT2D eigenvalue weighted by atomic mass is 10.2. The second-order valence-corrected chi connectivity index (χ2v) is 5.36. The average molecular weight is 345 g/mol. The number of amides is 2. The zero-order chi connectivity index (χ0) is 18.0. The molecule has 1 aliphatic rings. The lowest BCUT2D eigenvalue weighted by Crippen LogP contribution is -2.48. The summed E-state index contributed by atoms with van der Waals surface area (Å²) in [5.74, 6) is -1.38. The first-order chi connectivity index (χ1) is 12.0. The van der Waals surface area contributed by atoms with E-state index in [4.69, 9.17) is 14.3 Å². The van der Waals surface area contributed by atoms with Gasteiger partial charge >= 0.3 is 5.97 Å². The molecular formula is C16H15N3O6. The van der Waals surface area contributed by atoms with Crippen LogP contribution in [0.1, 0.15) is 23.3 Å². The first-order valence-corrected chi connectivity index (χ1v) is 7.47. The zero-order valence-electron chi connectivity index (χ0n) is 13.3. The maximum Gasteiger partial charge on any atom is 0.357 e. The molecule has 0 saturated heterocycles. The van der Waals surface area contributed by atoms with Crippen molar-refractivity contribution in [2.75, 3.05) is 11.4 Å². The van der Waals surface area contributed by atoms with E-state index in [-0.39, 0.29) is 30.6 Å². The van der Waals surface area contributed by atoms with Gasteiger partial charge in [-0.25, -0.2) is 9.78 Å². The number of oxazole rings is 1. The van der Waals surface area contributed by atoms with Crippen LogP contribution in [0.3, 0.4) is 0 Å². The molecule has 1 atom stereocenters. The smallest absolute Gasteiger partial charge is 0.357 e. The Morgan fingerprint density at radius 3 is 2.84 bits per heavy atom. The number of aromatic carboxylic acids is 1. The fourth-order valence-corrected chi connectivity index (χ4v) is 2.39. The SMILES string of the molecule is C[C@H]1Oc2ccccc2N(CC(=O)NCc2nc(C(=O)O)co2)C1=O. The van der Waals surface area contributed by atoms with E-state index >= 15 is 0 Å². The first kappa shape index (κ1) is 16.5. The van der Waals surface area contributed by atoms with E-state index in [0.717, 1.165) is 6.26 Å². The van der Waals surface area contributed by atoms with E-state index < -0.39 is 18.0 Å². The summed E-state index contributed by atoms with van der Waals surface area (Å²) in [6, 6.07) is 6.95. The number of rotatable bonds is 5. The van der Waals surface area contributed by atoms with Crippen molar-refractivity contribution in [2.45, 2.75) is 19.6 Å². The Bertz CT molecular complexity index is 831. The lowest BCUT2D eigenvalue weighted by Gasteiger charge is -2.32. The largest absolute Gasteiger partial charge is 0.479 e. The minimum absolute atomic E-state index is 0.0628. The number of ether oxygens (including phenoxy) is 1. The van der Waals surface area contributed by atoms with E-state index in [1.165, 1.54) is 4.90 Å². The number of fused-ring (bicyclic) bond motifs is 1. The van der Waals surface area contributed by atoms with Crippen LogP contribution in [0, 0.1) is 0 Å². The summed E-state index contributed by atoms with van der Waals surface area (Å²) in [5, 5.41) is 11.3. The number of aromatic nitrogens is 1. The number of nitrogens with one attached hydrogen (secondary N) is 1. The fraction of sp³-hybridized carbons (Fsp3) is 0.250. The summed E-state index contributed by atoms with van der Waals surface area (Å²) in [7, 11) is 0. The zero-order valence-corrected chi connectivity index (χ0v) is 13.3. The molecule has 0 bridgehead atoms. The van der Waals surface area contributed by atoms with Crippen molar-refractivity contribution < 1.29 is 28.6 Å². The number of hydrogen-bond donors (Lipinski definition) is 2. The van der Waals surface area contributed by atoms with Crippen molar-refractivity contribution in [3.8, 4) is 5.75 Å². The molecule has 1 aliphatic heterocycles. The number of carbonyl (C=O) groups excluding carboxylic acids is 2. The van der Waals surface area contributed by atoms with Gasteiger partial charge in [0.1, 0.15) is 18.6 Å². The summed E-state index contributed by atoms with van der Waals surface area (Å²) in [6.45, 7) is 1.33. The average Bonchev–Trinajstić information content (AvgIpc) is 3.06. The van der Waals surface area contributed by atoms with Gasteiger partial charge in [-0.3, -0.25) is 14.5 Å². The van der Waals surface area contributed by atoms with Crippen LogP contribution in [0.4, 0.5) is 5.69 Å². The maximum atomic E-state index is 12.3. The highest BCUT2D eigenvalue weighted by Crippen LogP contribution is 2.33. The van der Waals surface area contributed by atoms with Crippen molar-refractivity contribution in [3.05, 3.63) is 42.1 Å². The molecule has 1 aromatic heterocycles. The first-order valence-electron chi connectivity index (χ1n) is 7.47. The highest BCUT2D eigenvalue weighted by Gasteiger charge is 2.32. The molecule has 0 unspecified atom stereocenters. The van der Waals surface area contributed by atoms with Gasteiger partial charge in [0.25, 0.3) is 5.91 Å². The van der Waals surface area contributed by atoms with Gasteiger partial charge in [-0.15, -0.1) is 0 Å². The van der Waals surface area contributed by atoms with E-state index in [1.54, 1.807) is 31.2 Å². The van der Waals surface area contributed by atoms with Gasteiger partial charge in [-0.2, -0.15) is 0 Å². The van der Waals surface area contributed by atoms with Gasteiger partial charge in [0.15, 0.2) is 11.8 Å². The van der Waals surface area contributed by atoms with Crippen molar-refractivity contribution in [1.82, 2.24) is 10.3 Å². The van der Waals surface area contributed by atoms with Crippen LogP contribution in [0.15, 0.2) is 34.9 Å². The highest BCUT2D eigenvalue weighted by atomic mass is 16.5. The number of benzene rings is 1. The quantitative estimate of drug-likeness (QED) is 0.822. The van der Waals surface area contributed by atoms with Crippen LogP contribution in [0.5, 0.6) is 5.75 Å². The van der Waals surface area contributed by atoms with E-state index in [9.17, 15) is 14.4 Å². The third kappa shape index (κ3) is 3.44. The number of anilines is 1. The number of carboxylic acid groups (broad SMARTS) is 1. The Morgan fingerprint density at radius 2 is 2.12 bits per heavy atom. The molecule has 0 radical (unpaired) electrons. The van der Waals surface area contributed by atoms with Gasteiger partial charge in [-0.1, -0.05) is 12.1 Å². The second kappa shape index (κ2) is 6.63. The van der Waals surface area contributed by atoms with E-state index in [2.05, 4.69) is 10.3 Å². The maximum absolute atomic E-state index is 12.3. The van der Waals surface area contributed by atoms with E-state index in [0.29, 0.717) is 11.4 Å². The normalized spacial score (nSPS) is 16.1. The van der Waals surface area contributed by atoms with Crippen molar-refractivity contribution in [2.24, 2.45) is 0 Å². The minimum atomic E-state index is -1.22. The topological polar surface area (TPSA) is 122 Å². The lowest BCUT2D eigenvalue weighted by molar-refractivity contribution is -0.128. The standard InChI is InChI=1S/C16H15N3O6/c1-9-15(21)19(11-4-2-3-5-12(11)25-9)7-13(20)17-6-14-18-10(8-24-14)16(22)23/h2-5,8-9H,6-7H2,1H3,(H,17,20)(H,22,23)/t9-/m1/s1. The predicted octanol–water partition coefficient (Wildman–Crippen LogP) is 0.803. The number of carboxylic acids is 1. The van der Waals surface area contributed by atoms with Gasteiger partial charge in [-0.05, 0) is 19.1 Å². The monoisotopic (exact) mass is 345 g/mol. The molecule has 3 rings (SSSR count). The number of nitrogens with zero attached hydrogens (tertiary/aromatic N) is 2. The number of hydrogen-bond acceptors (Lipinski definition) is 6. The summed E-state index contributed by atoms with van der Waals surface area (Å²) >= 11 is 0. The highest BCUT2D eigenvalue weighted by molar-refractivity contribution is 6.03.